The fourth-order valence-corrected chi connectivity index (χ4v) is 6.30. The van der Waals surface area contributed by atoms with E-state index in [9.17, 15) is 14.7 Å². The number of benzene rings is 1. The van der Waals surface area contributed by atoms with Crippen LogP contribution >= 0.6 is 0 Å². The number of piperazine rings is 1. The van der Waals surface area contributed by atoms with Crippen molar-refractivity contribution in [2.75, 3.05) is 40.0 Å². The van der Waals surface area contributed by atoms with Crippen LogP contribution < -0.4 is 4.74 Å². The normalized spacial score (nSPS) is 22.2. The number of hydrogen-bond donors (Lipinski definition) is 1. The minimum Gasteiger partial charge on any atom is -0.463 e. The van der Waals surface area contributed by atoms with Gasteiger partial charge in [0, 0.05) is 51.1 Å². The first-order valence-corrected chi connectivity index (χ1v) is 15.6. The Labute approximate surface area is 264 Å². The Balaban J connectivity index is 1.46. The molecule has 1 aliphatic carbocycles. The van der Waals surface area contributed by atoms with E-state index in [-0.39, 0.29) is 43.8 Å². The highest BCUT2D eigenvalue weighted by molar-refractivity contribution is 5.98. The Morgan fingerprint density at radius 3 is 2.51 bits per heavy atom. The average molecular weight is 621 g/mol. The molecular weight excluding hydrogens is 576 g/mol. The van der Waals surface area contributed by atoms with E-state index in [0.29, 0.717) is 37.3 Å². The van der Waals surface area contributed by atoms with Gasteiger partial charge in [-0.15, -0.1) is 0 Å². The van der Waals surface area contributed by atoms with Crippen LogP contribution in [-0.4, -0.2) is 104 Å². The van der Waals surface area contributed by atoms with Gasteiger partial charge in [0.2, 0.25) is 0 Å². The van der Waals surface area contributed by atoms with Gasteiger partial charge in [0.25, 0.3) is 5.91 Å². The van der Waals surface area contributed by atoms with E-state index in [1.165, 1.54) is 0 Å². The zero-order chi connectivity index (χ0) is 32.0. The van der Waals surface area contributed by atoms with Gasteiger partial charge >= 0.3 is 12.1 Å². The monoisotopic (exact) mass is 620 g/mol. The minimum absolute atomic E-state index is 0.188. The summed E-state index contributed by atoms with van der Waals surface area (Å²) >= 11 is 0. The van der Waals surface area contributed by atoms with Gasteiger partial charge in [0.15, 0.2) is 5.69 Å². The Morgan fingerprint density at radius 2 is 1.80 bits per heavy atom. The molecule has 0 bridgehead atoms. The maximum atomic E-state index is 14.5. The molecule has 2 aliphatic rings. The van der Waals surface area contributed by atoms with Crippen molar-refractivity contribution < 1.29 is 28.9 Å². The number of nitrogens with zero attached hydrogens (tertiary/aromatic N) is 6. The van der Waals surface area contributed by atoms with Crippen molar-refractivity contribution in [1.29, 1.82) is 0 Å². The van der Waals surface area contributed by atoms with Crippen LogP contribution in [0.3, 0.4) is 0 Å². The molecule has 1 N–H and O–H groups in total. The number of aromatic nitrogens is 4. The molecule has 45 heavy (non-hydrogen) atoms. The number of hydrogen-bond acceptors (Lipinski definition) is 9. The van der Waals surface area contributed by atoms with Crippen molar-refractivity contribution in [3.8, 4) is 17.3 Å². The third-order valence-electron chi connectivity index (χ3n) is 8.35. The Bertz CT molecular complexity index is 1420. The molecule has 2 amide bonds. The number of carbonyl (C=O) groups excluding carboxylic acids is 2. The summed E-state index contributed by atoms with van der Waals surface area (Å²) in [5.74, 6) is -0.247. The lowest BCUT2D eigenvalue weighted by molar-refractivity contribution is -0.0893. The second-order valence-electron chi connectivity index (χ2n) is 12.8. The van der Waals surface area contributed by atoms with Crippen molar-refractivity contribution in [2.24, 2.45) is 0 Å². The molecule has 1 saturated heterocycles. The smallest absolute Gasteiger partial charge is 0.410 e. The molecule has 1 saturated carbocycles. The summed E-state index contributed by atoms with van der Waals surface area (Å²) in [6.45, 7) is 6.81. The maximum Gasteiger partial charge on any atom is 0.410 e. The van der Waals surface area contributed by atoms with Crippen molar-refractivity contribution in [1.82, 2.24) is 29.3 Å². The Kier molecular flexibility index (Phi) is 10.0. The van der Waals surface area contributed by atoms with E-state index < -0.39 is 17.3 Å². The van der Waals surface area contributed by atoms with Crippen molar-refractivity contribution in [3.63, 3.8) is 0 Å². The first-order chi connectivity index (χ1) is 21.6. The summed E-state index contributed by atoms with van der Waals surface area (Å²) in [6, 6.07) is 10.9. The fourth-order valence-electron chi connectivity index (χ4n) is 6.30. The lowest BCUT2D eigenvalue weighted by Crippen LogP contribution is -2.57. The standard InChI is InChI=1S/C33H44N6O6/c1-32(2,3)45-31(41)37-18-19-38(25(21-37)14-20-44-30-34-16-10-17-35-30)29(40)27-28(24-11-6-5-7-12-24)39(23-36-27)26-13-8-9-15-33(26,42)22-43-4/h5-7,10-12,16-17,23,25-26,42H,8-9,13-15,18-22H2,1-4H3/t25-,26-,33-/m1/s1. The maximum absolute atomic E-state index is 14.5. The van der Waals surface area contributed by atoms with Crippen LogP contribution in [0.25, 0.3) is 11.3 Å². The van der Waals surface area contributed by atoms with Gasteiger partial charge in [-0.05, 0) is 39.7 Å². The van der Waals surface area contributed by atoms with Crippen LogP contribution in [0, 0.1) is 0 Å². The van der Waals surface area contributed by atoms with Crippen LogP contribution in [0.5, 0.6) is 6.01 Å². The number of aliphatic hydroxyl groups is 1. The quantitative estimate of drug-likeness (QED) is 0.371. The number of imidazole rings is 1. The highest BCUT2D eigenvalue weighted by Crippen LogP contribution is 2.41. The van der Waals surface area contributed by atoms with E-state index in [0.717, 1.165) is 24.8 Å². The van der Waals surface area contributed by atoms with Gasteiger partial charge in [-0.3, -0.25) is 4.79 Å². The average Bonchev–Trinajstić information content (AvgIpc) is 3.46. The minimum atomic E-state index is -1.09. The van der Waals surface area contributed by atoms with Gasteiger partial charge in [-0.25, -0.2) is 19.7 Å². The summed E-state index contributed by atoms with van der Waals surface area (Å²) in [6.07, 6.45) is 8.07. The molecule has 0 radical (unpaired) electrons. The number of rotatable bonds is 9. The van der Waals surface area contributed by atoms with Crippen molar-refractivity contribution in [3.05, 3.63) is 60.8 Å². The molecule has 3 heterocycles. The topological polar surface area (TPSA) is 132 Å². The highest BCUT2D eigenvalue weighted by Gasteiger charge is 2.43. The first kappa shape index (κ1) is 32.4. The zero-order valence-corrected chi connectivity index (χ0v) is 26.6. The van der Waals surface area contributed by atoms with Crippen LogP contribution in [0.2, 0.25) is 0 Å². The van der Waals surface area contributed by atoms with Gasteiger partial charge in [0.1, 0.15) is 11.2 Å². The van der Waals surface area contributed by atoms with Gasteiger partial charge < -0.3 is 33.7 Å². The Hall–Kier alpha value is -4.03. The highest BCUT2D eigenvalue weighted by atomic mass is 16.6. The molecule has 12 nitrogen and oxygen atoms in total. The van der Waals surface area contributed by atoms with E-state index in [2.05, 4.69) is 9.97 Å². The van der Waals surface area contributed by atoms with E-state index in [1.54, 1.807) is 41.7 Å². The summed E-state index contributed by atoms with van der Waals surface area (Å²) in [7, 11) is 1.59. The molecule has 1 aliphatic heterocycles. The van der Waals surface area contributed by atoms with Crippen molar-refractivity contribution >= 4 is 12.0 Å². The molecule has 2 fully saturated rings. The number of carbonyl (C=O) groups is 2. The summed E-state index contributed by atoms with van der Waals surface area (Å²) in [4.78, 5) is 43.9. The molecule has 5 rings (SSSR count). The molecule has 2 aromatic heterocycles. The SMILES string of the molecule is COC[C@]1(O)CCCC[C@H]1n1cnc(C(=O)N2CCN(C(=O)OC(C)(C)C)C[C@H]2CCOc2ncccn2)c1-c1ccccc1. The Morgan fingerprint density at radius 1 is 1.04 bits per heavy atom. The largest absolute Gasteiger partial charge is 0.463 e. The van der Waals surface area contributed by atoms with Gasteiger partial charge in [-0.1, -0.05) is 43.2 Å². The molecule has 3 atom stereocenters. The third kappa shape index (κ3) is 7.62. The molecule has 3 aromatic rings. The summed E-state index contributed by atoms with van der Waals surface area (Å²) in [5.41, 5.74) is 0.0564. The predicted octanol–water partition coefficient (Wildman–Crippen LogP) is 4.36. The molecule has 0 unspecified atom stereocenters. The second kappa shape index (κ2) is 13.9. The first-order valence-electron chi connectivity index (χ1n) is 15.6. The molecule has 1 aromatic carbocycles. The summed E-state index contributed by atoms with van der Waals surface area (Å²) < 4.78 is 18.8. The number of methoxy groups -OCH3 is 1. The predicted molar refractivity (Wildman–Crippen MR) is 167 cm³/mol. The number of ether oxygens (including phenoxy) is 3. The van der Waals surface area contributed by atoms with Crippen LogP contribution in [-0.2, 0) is 9.47 Å². The van der Waals surface area contributed by atoms with E-state index in [1.807, 2.05) is 55.7 Å². The molecular formula is C33H44N6O6. The summed E-state index contributed by atoms with van der Waals surface area (Å²) in [5, 5.41) is 11.7. The van der Waals surface area contributed by atoms with Crippen LogP contribution in [0.15, 0.2) is 55.1 Å². The molecule has 0 spiro atoms. The zero-order valence-electron chi connectivity index (χ0n) is 26.6. The van der Waals surface area contributed by atoms with E-state index in [4.69, 9.17) is 19.2 Å². The second-order valence-corrected chi connectivity index (χ2v) is 12.8. The van der Waals surface area contributed by atoms with Crippen molar-refractivity contribution in [2.45, 2.75) is 76.2 Å². The third-order valence-corrected chi connectivity index (χ3v) is 8.35. The van der Waals surface area contributed by atoms with Crippen LogP contribution in [0.4, 0.5) is 4.79 Å². The molecule has 12 heteroatoms. The number of amides is 2. The fraction of sp³-hybridized carbons (Fsp3) is 0.545. The lowest BCUT2D eigenvalue weighted by Gasteiger charge is -2.42. The van der Waals surface area contributed by atoms with Crippen LogP contribution in [0.1, 0.15) is 69.4 Å². The van der Waals surface area contributed by atoms with Gasteiger partial charge in [-0.2, -0.15) is 0 Å². The van der Waals surface area contributed by atoms with Gasteiger partial charge in [0.05, 0.1) is 37.3 Å². The lowest BCUT2D eigenvalue weighted by atomic mass is 9.80. The molecule has 242 valence electrons. The van der Waals surface area contributed by atoms with E-state index >= 15 is 0 Å².